The Morgan fingerprint density at radius 3 is 2.83 bits per heavy atom. The standard InChI is InChI=1S/C20H25N5O3S/c1-13-19(14(2)25(24-13)15-9-11-29(27,28)12-15)20(26)21-10-5-8-18-22-16-6-3-4-7-17(16)23-18/h3-4,6-7,15H,5,8-12H2,1-2H3,(H,21,26)(H,22,23). The van der Waals surface area contributed by atoms with E-state index >= 15 is 0 Å². The van der Waals surface area contributed by atoms with Crippen molar-refractivity contribution in [1.29, 1.82) is 0 Å². The van der Waals surface area contributed by atoms with Gasteiger partial charge < -0.3 is 10.3 Å². The molecule has 0 radical (unpaired) electrons. The maximum atomic E-state index is 12.7. The van der Waals surface area contributed by atoms with E-state index in [1.165, 1.54) is 0 Å². The fraction of sp³-hybridized carbons (Fsp3) is 0.450. The fourth-order valence-electron chi connectivity index (χ4n) is 3.99. The van der Waals surface area contributed by atoms with Crippen LogP contribution in [0, 0.1) is 13.8 Å². The molecule has 2 aromatic heterocycles. The molecule has 3 heterocycles. The summed E-state index contributed by atoms with van der Waals surface area (Å²) in [4.78, 5) is 20.5. The molecule has 1 unspecified atom stereocenters. The minimum Gasteiger partial charge on any atom is -0.352 e. The minimum absolute atomic E-state index is 0.0908. The molecule has 0 aliphatic carbocycles. The van der Waals surface area contributed by atoms with Gasteiger partial charge in [0.05, 0.1) is 39.8 Å². The molecule has 29 heavy (non-hydrogen) atoms. The molecule has 154 valence electrons. The molecule has 1 atom stereocenters. The van der Waals surface area contributed by atoms with E-state index in [2.05, 4.69) is 20.4 Å². The number of hydrogen-bond donors (Lipinski definition) is 2. The number of aromatic nitrogens is 4. The number of aromatic amines is 1. The highest BCUT2D eigenvalue weighted by Gasteiger charge is 2.32. The summed E-state index contributed by atoms with van der Waals surface area (Å²) >= 11 is 0. The van der Waals surface area contributed by atoms with Crippen molar-refractivity contribution in [2.24, 2.45) is 0 Å². The highest BCUT2D eigenvalue weighted by molar-refractivity contribution is 7.91. The smallest absolute Gasteiger partial charge is 0.255 e. The minimum atomic E-state index is -3.01. The lowest BCUT2D eigenvalue weighted by atomic mass is 10.1. The number of nitrogens with zero attached hydrogens (tertiary/aromatic N) is 3. The summed E-state index contributed by atoms with van der Waals surface area (Å²) in [5.74, 6) is 1.01. The number of carbonyl (C=O) groups is 1. The quantitative estimate of drug-likeness (QED) is 0.599. The van der Waals surface area contributed by atoms with E-state index in [0.29, 0.717) is 24.2 Å². The van der Waals surface area contributed by atoms with Gasteiger partial charge in [0.1, 0.15) is 5.82 Å². The lowest BCUT2D eigenvalue weighted by Crippen LogP contribution is -2.26. The molecule has 9 heteroatoms. The molecule has 1 aliphatic rings. The number of benzene rings is 1. The SMILES string of the molecule is Cc1nn(C2CCS(=O)(=O)C2)c(C)c1C(=O)NCCCc1nc2ccccc2[nH]1. The third kappa shape index (κ3) is 4.05. The summed E-state index contributed by atoms with van der Waals surface area (Å²) < 4.78 is 25.3. The number of hydrogen-bond acceptors (Lipinski definition) is 5. The Morgan fingerprint density at radius 1 is 1.31 bits per heavy atom. The van der Waals surface area contributed by atoms with Crippen LogP contribution in [-0.4, -0.2) is 52.1 Å². The highest BCUT2D eigenvalue weighted by Crippen LogP contribution is 2.26. The molecule has 0 spiro atoms. The number of aryl methyl sites for hydroxylation is 2. The largest absolute Gasteiger partial charge is 0.352 e. The molecule has 8 nitrogen and oxygen atoms in total. The van der Waals surface area contributed by atoms with Gasteiger partial charge in [-0.3, -0.25) is 9.48 Å². The number of para-hydroxylation sites is 2. The first kappa shape index (κ1) is 19.6. The maximum Gasteiger partial charge on any atom is 0.255 e. The Bertz CT molecular complexity index is 1130. The zero-order valence-electron chi connectivity index (χ0n) is 16.6. The molecule has 1 aromatic carbocycles. The van der Waals surface area contributed by atoms with Gasteiger partial charge in [0, 0.05) is 18.7 Å². The molecule has 1 saturated heterocycles. The van der Waals surface area contributed by atoms with Crippen molar-refractivity contribution in [3.63, 3.8) is 0 Å². The van der Waals surface area contributed by atoms with Crippen LogP contribution in [-0.2, 0) is 16.3 Å². The molecular formula is C20H25N5O3S. The fourth-order valence-corrected chi connectivity index (χ4v) is 5.68. The van der Waals surface area contributed by atoms with Crippen molar-refractivity contribution in [1.82, 2.24) is 25.1 Å². The first-order chi connectivity index (χ1) is 13.8. The van der Waals surface area contributed by atoms with Crippen molar-refractivity contribution in [2.75, 3.05) is 18.1 Å². The first-order valence-electron chi connectivity index (χ1n) is 9.82. The Labute approximate surface area is 169 Å². The normalized spacial score (nSPS) is 18.3. The third-order valence-corrected chi connectivity index (χ3v) is 7.17. The summed E-state index contributed by atoms with van der Waals surface area (Å²) in [5, 5.41) is 7.41. The Balaban J connectivity index is 1.36. The third-order valence-electron chi connectivity index (χ3n) is 5.42. The number of nitrogens with one attached hydrogen (secondary N) is 2. The van der Waals surface area contributed by atoms with Crippen LogP contribution in [0.5, 0.6) is 0 Å². The number of sulfone groups is 1. The summed E-state index contributed by atoms with van der Waals surface area (Å²) in [5.41, 5.74) is 3.84. The lowest BCUT2D eigenvalue weighted by molar-refractivity contribution is 0.0951. The Morgan fingerprint density at radius 2 is 2.10 bits per heavy atom. The van der Waals surface area contributed by atoms with E-state index in [4.69, 9.17) is 0 Å². The van der Waals surface area contributed by atoms with Gasteiger partial charge >= 0.3 is 0 Å². The topological polar surface area (TPSA) is 110 Å². The molecular weight excluding hydrogens is 390 g/mol. The zero-order valence-corrected chi connectivity index (χ0v) is 17.4. The van der Waals surface area contributed by atoms with Gasteiger partial charge in [0.2, 0.25) is 0 Å². The summed E-state index contributed by atoms with van der Waals surface area (Å²) in [7, 11) is -3.01. The van der Waals surface area contributed by atoms with Crippen LogP contribution >= 0.6 is 0 Å². The molecule has 1 aliphatic heterocycles. The van der Waals surface area contributed by atoms with Crippen molar-refractivity contribution >= 4 is 26.8 Å². The van der Waals surface area contributed by atoms with E-state index in [9.17, 15) is 13.2 Å². The van der Waals surface area contributed by atoms with Gasteiger partial charge in [-0.05, 0) is 38.8 Å². The van der Waals surface area contributed by atoms with E-state index in [1.807, 2.05) is 31.2 Å². The number of H-pyrrole nitrogens is 1. The van der Waals surface area contributed by atoms with Gasteiger partial charge in [-0.1, -0.05) is 12.1 Å². The predicted molar refractivity (Wildman–Crippen MR) is 111 cm³/mol. The van der Waals surface area contributed by atoms with Crippen LogP contribution in [0.25, 0.3) is 11.0 Å². The van der Waals surface area contributed by atoms with Crippen LogP contribution in [0.15, 0.2) is 24.3 Å². The molecule has 1 fully saturated rings. The van der Waals surface area contributed by atoms with E-state index in [1.54, 1.807) is 11.6 Å². The number of amides is 1. The number of carbonyl (C=O) groups excluding carboxylic acids is 1. The first-order valence-corrected chi connectivity index (χ1v) is 11.6. The average Bonchev–Trinajstić information content (AvgIpc) is 3.33. The number of fused-ring (bicyclic) bond motifs is 1. The average molecular weight is 416 g/mol. The van der Waals surface area contributed by atoms with Gasteiger partial charge in [-0.25, -0.2) is 13.4 Å². The van der Waals surface area contributed by atoms with Crippen molar-refractivity contribution in [3.05, 3.63) is 47.0 Å². The predicted octanol–water partition coefficient (Wildman–Crippen LogP) is 2.10. The lowest BCUT2D eigenvalue weighted by Gasteiger charge is -2.11. The molecule has 2 N–H and O–H groups in total. The second kappa shape index (κ2) is 7.62. The second-order valence-electron chi connectivity index (χ2n) is 7.61. The monoisotopic (exact) mass is 415 g/mol. The number of imidazole rings is 1. The Kier molecular flexibility index (Phi) is 5.16. The van der Waals surface area contributed by atoms with E-state index in [-0.39, 0.29) is 23.5 Å². The number of rotatable bonds is 6. The van der Waals surface area contributed by atoms with Crippen molar-refractivity contribution < 1.29 is 13.2 Å². The molecule has 0 saturated carbocycles. The maximum absolute atomic E-state index is 12.7. The van der Waals surface area contributed by atoms with Crippen LogP contribution in [0.3, 0.4) is 0 Å². The van der Waals surface area contributed by atoms with Gasteiger partial charge in [-0.2, -0.15) is 5.10 Å². The molecule has 1 amide bonds. The summed E-state index contributed by atoms with van der Waals surface area (Å²) in [6.07, 6.45) is 2.05. The highest BCUT2D eigenvalue weighted by atomic mass is 32.2. The summed E-state index contributed by atoms with van der Waals surface area (Å²) in [6, 6.07) is 7.70. The molecule has 4 rings (SSSR count). The van der Waals surface area contributed by atoms with Crippen LogP contribution in [0.4, 0.5) is 0 Å². The van der Waals surface area contributed by atoms with Crippen LogP contribution < -0.4 is 5.32 Å². The summed E-state index contributed by atoms with van der Waals surface area (Å²) in [6.45, 7) is 4.14. The van der Waals surface area contributed by atoms with Crippen molar-refractivity contribution in [2.45, 2.75) is 39.2 Å². The van der Waals surface area contributed by atoms with E-state index in [0.717, 1.165) is 35.4 Å². The zero-order chi connectivity index (χ0) is 20.6. The Hall–Kier alpha value is -2.68. The van der Waals surface area contributed by atoms with Gasteiger partial charge in [0.25, 0.3) is 5.91 Å². The van der Waals surface area contributed by atoms with Gasteiger partial charge in [-0.15, -0.1) is 0 Å². The van der Waals surface area contributed by atoms with Crippen LogP contribution in [0.2, 0.25) is 0 Å². The van der Waals surface area contributed by atoms with Crippen molar-refractivity contribution in [3.8, 4) is 0 Å². The van der Waals surface area contributed by atoms with Crippen LogP contribution in [0.1, 0.15) is 46.5 Å². The molecule has 0 bridgehead atoms. The van der Waals surface area contributed by atoms with Gasteiger partial charge in [0.15, 0.2) is 9.84 Å². The molecule has 3 aromatic rings. The van der Waals surface area contributed by atoms with E-state index < -0.39 is 9.84 Å². The second-order valence-corrected chi connectivity index (χ2v) is 9.84.